The minimum Gasteiger partial charge on any atom is -0.305 e. The highest BCUT2D eigenvalue weighted by Gasteiger charge is 2.12. The number of pyridine rings is 1. The second-order valence-electron chi connectivity index (χ2n) is 4.35. The zero-order valence-corrected chi connectivity index (χ0v) is 11.6. The first kappa shape index (κ1) is 13.1. The second kappa shape index (κ2) is 5.50. The molecule has 2 aromatic rings. The number of nitrogens with one attached hydrogen (secondary N) is 1. The van der Waals surface area contributed by atoms with Crippen molar-refractivity contribution in [3.8, 4) is 0 Å². The van der Waals surface area contributed by atoms with E-state index in [1.165, 1.54) is 5.56 Å². The van der Waals surface area contributed by atoms with Crippen molar-refractivity contribution in [2.45, 2.75) is 26.4 Å². The Morgan fingerprint density at radius 3 is 2.61 bits per heavy atom. The third kappa shape index (κ3) is 2.71. The molecule has 2 heterocycles. The molecule has 0 bridgehead atoms. The first-order valence-electron chi connectivity index (χ1n) is 5.91. The van der Waals surface area contributed by atoms with E-state index in [-0.39, 0.29) is 6.04 Å². The monoisotopic (exact) mass is 264 g/mol. The summed E-state index contributed by atoms with van der Waals surface area (Å²) in [6.07, 6.45) is 3.60. The van der Waals surface area contributed by atoms with Gasteiger partial charge < -0.3 is 5.32 Å². The molecule has 5 heteroatoms. The molecule has 0 aliphatic heterocycles. The van der Waals surface area contributed by atoms with E-state index < -0.39 is 0 Å². The lowest BCUT2D eigenvalue weighted by Crippen LogP contribution is -2.20. The lowest BCUT2D eigenvalue weighted by molar-refractivity contribution is 0.547. The summed E-state index contributed by atoms with van der Waals surface area (Å²) < 4.78 is 1.82. The number of hydrogen-bond donors (Lipinski definition) is 1. The molecule has 0 aromatic carbocycles. The van der Waals surface area contributed by atoms with Gasteiger partial charge in [0.2, 0.25) is 0 Å². The zero-order valence-electron chi connectivity index (χ0n) is 10.8. The Bertz CT molecular complexity index is 521. The molecule has 0 fully saturated rings. The molecule has 1 N–H and O–H groups in total. The van der Waals surface area contributed by atoms with Gasteiger partial charge in [-0.25, -0.2) is 0 Å². The van der Waals surface area contributed by atoms with Crippen LogP contribution < -0.4 is 5.32 Å². The minimum absolute atomic E-state index is 0.249. The highest BCUT2D eigenvalue weighted by Crippen LogP contribution is 2.20. The van der Waals surface area contributed by atoms with E-state index in [0.29, 0.717) is 6.54 Å². The summed E-state index contributed by atoms with van der Waals surface area (Å²) in [4.78, 5) is 4.01. The summed E-state index contributed by atoms with van der Waals surface area (Å²) in [7, 11) is 1.91. The van der Waals surface area contributed by atoms with Gasteiger partial charge in [0.05, 0.1) is 16.4 Å². The fourth-order valence-corrected chi connectivity index (χ4v) is 2.12. The second-order valence-corrected chi connectivity index (χ2v) is 4.73. The van der Waals surface area contributed by atoms with Crippen molar-refractivity contribution in [2.24, 2.45) is 7.05 Å². The number of aryl methyl sites for hydroxylation is 2. The summed E-state index contributed by atoms with van der Waals surface area (Å²) in [5.74, 6) is 0. The number of halogens is 1. The van der Waals surface area contributed by atoms with Crippen molar-refractivity contribution in [2.75, 3.05) is 0 Å². The van der Waals surface area contributed by atoms with Crippen molar-refractivity contribution in [3.05, 3.63) is 46.5 Å². The molecule has 0 spiro atoms. The Morgan fingerprint density at radius 1 is 1.39 bits per heavy atom. The molecule has 0 unspecified atom stereocenters. The Kier molecular flexibility index (Phi) is 3.99. The minimum atomic E-state index is 0.249. The molecule has 0 saturated heterocycles. The van der Waals surface area contributed by atoms with E-state index in [0.717, 1.165) is 16.4 Å². The topological polar surface area (TPSA) is 42.7 Å². The molecule has 0 aliphatic carbocycles. The first-order valence-corrected chi connectivity index (χ1v) is 6.28. The van der Waals surface area contributed by atoms with Crippen LogP contribution in [0.25, 0.3) is 0 Å². The highest BCUT2D eigenvalue weighted by molar-refractivity contribution is 6.31. The normalized spacial score (nSPS) is 12.7. The maximum Gasteiger partial charge on any atom is 0.0860 e. The van der Waals surface area contributed by atoms with Gasteiger partial charge in [-0.2, -0.15) is 5.10 Å². The predicted molar refractivity (Wildman–Crippen MR) is 72.4 cm³/mol. The van der Waals surface area contributed by atoms with E-state index in [2.05, 4.69) is 22.3 Å². The van der Waals surface area contributed by atoms with Gasteiger partial charge in [0.1, 0.15) is 0 Å². The van der Waals surface area contributed by atoms with Gasteiger partial charge in [-0.3, -0.25) is 9.67 Å². The van der Waals surface area contributed by atoms with E-state index in [9.17, 15) is 0 Å². The number of aromatic nitrogens is 3. The Hall–Kier alpha value is -1.39. The quantitative estimate of drug-likeness (QED) is 0.923. The molecule has 4 nitrogen and oxygen atoms in total. The molecule has 0 saturated carbocycles. The Morgan fingerprint density at radius 2 is 2.06 bits per heavy atom. The van der Waals surface area contributed by atoms with Gasteiger partial charge in [0.15, 0.2) is 0 Å². The van der Waals surface area contributed by atoms with Crippen LogP contribution in [-0.4, -0.2) is 14.8 Å². The third-order valence-corrected chi connectivity index (χ3v) is 3.54. The van der Waals surface area contributed by atoms with Crippen LogP contribution in [0, 0.1) is 6.92 Å². The smallest absolute Gasteiger partial charge is 0.0860 e. The number of nitrogens with zero attached hydrogens (tertiary/aromatic N) is 3. The van der Waals surface area contributed by atoms with Crippen LogP contribution in [0.3, 0.4) is 0 Å². The lowest BCUT2D eigenvalue weighted by atomic mass is 10.1. The van der Waals surface area contributed by atoms with Crippen molar-refractivity contribution in [3.63, 3.8) is 0 Å². The fraction of sp³-hybridized carbons (Fsp3) is 0.385. The molecule has 0 amide bonds. The van der Waals surface area contributed by atoms with Crippen molar-refractivity contribution in [1.29, 1.82) is 0 Å². The van der Waals surface area contributed by atoms with E-state index in [4.69, 9.17) is 11.6 Å². The van der Waals surface area contributed by atoms with Crippen LogP contribution in [0.4, 0.5) is 0 Å². The average Bonchev–Trinajstić information content (AvgIpc) is 2.62. The van der Waals surface area contributed by atoms with Gasteiger partial charge in [-0.05, 0) is 31.5 Å². The van der Waals surface area contributed by atoms with Crippen molar-refractivity contribution in [1.82, 2.24) is 20.1 Å². The van der Waals surface area contributed by atoms with E-state index in [1.54, 1.807) is 12.4 Å². The largest absolute Gasteiger partial charge is 0.305 e. The van der Waals surface area contributed by atoms with E-state index >= 15 is 0 Å². The van der Waals surface area contributed by atoms with Gasteiger partial charge in [-0.15, -0.1) is 0 Å². The molecule has 2 rings (SSSR count). The Labute approximate surface area is 112 Å². The zero-order chi connectivity index (χ0) is 13.1. The maximum atomic E-state index is 6.21. The van der Waals surface area contributed by atoms with Gasteiger partial charge >= 0.3 is 0 Å². The molecule has 0 aliphatic rings. The maximum absolute atomic E-state index is 6.21. The summed E-state index contributed by atoms with van der Waals surface area (Å²) in [5, 5.41) is 8.48. The van der Waals surface area contributed by atoms with Gasteiger partial charge in [0, 0.05) is 32.0 Å². The van der Waals surface area contributed by atoms with Crippen LogP contribution in [0.2, 0.25) is 5.02 Å². The van der Waals surface area contributed by atoms with Gasteiger partial charge in [0.25, 0.3) is 0 Å². The molecule has 2 aromatic heterocycles. The molecular formula is C13H17ClN4. The van der Waals surface area contributed by atoms with Gasteiger partial charge in [-0.1, -0.05) is 11.6 Å². The van der Waals surface area contributed by atoms with Crippen LogP contribution in [0.1, 0.15) is 29.9 Å². The van der Waals surface area contributed by atoms with Crippen LogP contribution in [0.5, 0.6) is 0 Å². The fourth-order valence-electron chi connectivity index (χ4n) is 1.89. The number of rotatable bonds is 4. The van der Waals surface area contributed by atoms with Crippen LogP contribution in [0.15, 0.2) is 24.5 Å². The van der Waals surface area contributed by atoms with Crippen molar-refractivity contribution < 1.29 is 0 Å². The summed E-state index contributed by atoms with van der Waals surface area (Å²) >= 11 is 6.21. The summed E-state index contributed by atoms with van der Waals surface area (Å²) in [6, 6.07) is 4.26. The molecule has 0 radical (unpaired) electrons. The SMILES string of the molecule is Cc1nn(C)c(CN[C@@H](C)c2ccncc2)c1Cl. The molecular weight excluding hydrogens is 248 g/mol. The third-order valence-electron chi connectivity index (χ3n) is 3.04. The molecule has 1 atom stereocenters. The van der Waals surface area contributed by atoms with Crippen LogP contribution in [-0.2, 0) is 13.6 Å². The van der Waals surface area contributed by atoms with E-state index in [1.807, 2.05) is 30.8 Å². The average molecular weight is 265 g/mol. The lowest BCUT2D eigenvalue weighted by Gasteiger charge is -2.14. The Balaban J connectivity index is 2.04. The van der Waals surface area contributed by atoms with Crippen molar-refractivity contribution >= 4 is 11.6 Å². The molecule has 18 heavy (non-hydrogen) atoms. The molecule has 96 valence electrons. The summed E-state index contributed by atoms with van der Waals surface area (Å²) in [5.41, 5.74) is 3.09. The predicted octanol–water partition coefficient (Wildman–Crippen LogP) is 2.63. The standard InChI is InChI=1S/C13H17ClN4/c1-9(11-4-6-15-7-5-11)16-8-12-13(14)10(2)17-18(12)3/h4-7,9,16H,8H2,1-3H3/t9-/m0/s1. The highest BCUT2D eigenvalue weighted by atomic mass is 35.5. The summed E-state index contributed by atoms with van der Waals surface area (Å²) in [6.45, 7) is 4.73. The van der Waals surface area contributed by atoms with Crippen LogP contribution >= 0.6 is 11.6 Å². The number of hydrogen-bond acceptors (Lipinski definition) is 3. The first-order chi connectivity index (χ1) is 8.59.